The van der Waals surface area contributed by atoms with E-state index in [1.54, 1.807) is 0 Å². The number of nitrogens with zero attached hydrogens (tertiary/aromatic N) is 1. The van der Waals surface area contributed by atoms with Gasteiger partial charge in [0.2, 0.25) is 0 Å². The van der Waals surface area contributed by atoms with Crippen molar-refractivity contribution >= 4 is 23.9 Å². The highest BCUT2D eigenvalue weighted by Gasteiger charge is 2.30. The molecule has 0 aliphatic carbocycles. The molecule has 0 saturated heterocycles. The molecule has 0 fully saturated rings. The number of aliphatic hydroxyl groups excluding tert-OH is 1. The van der Waals surface area contributed by atoms with E-state index >= 15 is 0 Å². The van der Waals surface area contributed by atoms with Gasteiger partial charge in [-0.2, -0.15) is 0 Å². The summed E-state index contributed by atoms with van der Waals surface area (Å²) in [4.78, 5) is 47.5. The zero-order valence-corrected chi connectivity index (χ0v) is 36.1. The molecule has 0 amide bonds. The largest absolute Gasteiger partial charge is 0.466 e. The average Bonchev–Trinajstić information content (AvgIpc) is 3.13. The summed E-state index contributed by atoms with van der Waals surface area (Å²) in [6.07, 6.45) is 29.2. The van der Waals surface area contributed by atoms with E-state index in [9.17, 15) is 24.3 Å². The molecule has 0 spiro atoms. The molecule has 10 nitrogen and oxygen atoms in total. The van der Waals surface area contributed by atoms with E-state index in [1.165, 1.54) is 58.8 Å². The van der Waals surface area contributed by atoms with Crippen LogP contribution in [0.2, 0.25) is 0 Å². The van der Waals surface area contributed by atoms with E-state index in [4.69, 9.17) is 18.9 Å². The van der Waals surface area contributed by atoms with Crippen LogP contribution in [0.1, 0.15) is 195 Å². The Morgan fingerprint density at radius 2 is 1.07 bits per heavy atom. The maximum Gasteiger partial charge on any atom is 0.362 e. The smallest absolute Gasteiger partial charge is 0.362 e. The molecule has 10 heteroatoms. The fourth-order valence-corrected chi connectivity index (χ4v) is 6.70. The van der Waals surface area contributed by atoms with Crippen LogP contribution in [0, 0.1) is 0 Å². The summed E-state index contributed by atoms with van der Waals surface area (Å²) in [5, 5.41) is 11.1. The summed E-state index contributed by atoms with van der Waals surface area (Å²) < 4.78 is 22.0. The minimum atomic E-state index is -0.753. The third kappa shape index (κ3) is 35.7. The van der Waals surface area contributed by atoms with E-state index in [0.29, 0.717) is 43.5 Å². The normalized spacial score (nSPS) is 13.6. The predicted molar refractivity (Wildman–Crippen MR) is 221 cm³/mol. The van der Waals surface area contributed by atoms with Crippen molar-refractivity contribution in [1.29, 1.82) is 0 Å². The number of rotatable bonds is 39. The molecule has 0 radical (unpaired) electrons. The van der Waals surface area contributed by atoms with Gasteiger partial charge in [0.15, 0.2) is 6.54 Å². The van der Waals surface area contributed by atoms with Crippen LogP contribution in [0.4, 0.5) is 0 Å². The van der Waals surface area contributed by atoms with E-state index in [1.807, 2.05) is 13.1 Å². The van der Waals surface area contributed by atoms with E-state index < -0.39 is 12.2 Å². The summed E-state index contributed by atoms with van der Waals surface area (Å²) in [5.41, 5.74) is 0. The van der Waals surface area contributed by atoms with Gasteiger partial charge in [-0.05, 0) is 64.2 Å². The zero-order valence-electron chi connectivity index (χ0n) is 36.1. The molecule has 0 bridgehead atoms. The lowest BCUT2D eigenvalue weighted by atomic mass is 10.0. The molecule has 1 N–H and O–H groups in total. The Morgan fingerprint density at radius 3 is 1.69 bits per heavy atom. The molecule has 55 heavy (non-hydrogen) atoms. The fraction of sp³-hybridized carbons (Fsp3) is 0.867. The number of carbonyl (C=O) groups is 4. The second kappa shape index (κ2) is 37.1. The third-order valence-electron chi connectivity index (χ3n) is 10.2. The van der Waals surface area contributed by atoms with Gasteiger partial charge in [0.1, 0.15) is 19.3 Å². The monoisotopic (exact) mass is 783 g/mol. The van der Waals surface area contributed by atoms with Gasteiger partial charge in [-0.3, -0.25) is 14.4 Å². The van der Waals surface area contributed by atoms with Crippen molar-refractivity contribution in [2.24, 2.45) is 0 Å². The standard InChI is InChI=1S/C45H84NO9/c1-6-8-10-11-22-28-34-46(5,35-38-53-41(4)48)39-45(51)55-43(32-25-9-7-2)42(49)31-26-20-16-12-13-17-21-27-33-44(50)54-37-30-24-19-15-14-18-23-29-36-52-40(3)47/h20,26,42-43,49H,6-19,21-25,27-39H2,1-5H3/q+1. The van der Waals surface area contributed by atoms with Crippen molar-refractivity contribution in [1.82, 2.24) is 0 Å². The quantitative estimate of drug-likeness (QED) is 0.0213. The zero-order chi connectivity index (χ0) is 40.8. The SMILES string of the molecule is CCCCCCCC[N+](C)(CCOC(C)=O)CC(=O)OC(CCCCC)C(O)CC=CCCCCCCCC(=O)OCCCCCCCCCCOC(C)=O. The maximum atomic E-state index is 13.3. The van der Waals surface area contributed by atoms with Gasteiger partial charge in [0.05, 0.1) is 32.9 Å². The molecule has 0 aromatic heterocycles. The lowest BCUT2D eigenvalue weighted by Gasteiger charge is -2.34. The minimum absolute atomic E-state index is 0.0894. The Kier molecular flexibility index (Phi) is 35.5. The lowest BCUT2D eigenvalue weighted by Crippen LogP contribution is -2.51. The van der Waals surface area contributed by atoms with Gasteiger partial charge in [-0.25, -0.2) is 4.79 Å². The summed E-state index contributed by atoms with van der Waals surface area (Å²) in [7, 11) is 2.03. The highest BCUT2D eigenvalue weighted by atomic mass is 16.6. The molecule has 3 atom stereocenters. The van der Waals surface area contributed by atoms with Gasteiger partial charge < -0.3 is 28.5 Å². The Hall–Kier alpha value is -2.46. The van der Waals surface area contributed by atoms with Gasteiger partial charge in [0, 0.05) is 20.3 Å². The molecule has 0 aromatic carbocycles. The first-order valence-electron chi connectivity index (χ1n) is 22.3. The average molecular weight is 783 g/mol. The Bertz CT molecular complexity index is 987. The van der Waals surface area contributed by atoms with Crippen LogP contribution in [0.25, 0.3) is 0 Å². The summed E-state index contributed by atoms with van der Waals surface area (Å²) >= 11 is 0. The first kappa shape index (κ1) is 52.5. The molecule has 0 heterocycles. The van der Waals surface area contributed by atoms with Gasteiger partial charge in [-0.1, -0.05) is 122 Å². The summed E-state index contributed by atoms with van der Waals surface area (Å²) in [5.74, 6) is -0.920. The van der Waals surface area contributed by atoms with Crippen LogP contribution < -0.4 is 0 Å². The molecule has 322 valence electrons. The molecule has 0 aromatic rings. The summed E-state index contributed by atoms with van der Waals surface area (Å²) in [6, 6.07) is 0. The number of aliphatic hydroxyl groups is 1. The Balaban J connectivity index is 4.31. The second-order valence-electron chi connectivity index (χ2n) is 15.8. The second-order valence-corrected chi connectivity index (χ2v) is 15.8. The maximum absolute atomic E-state index is 13.3. The number of unbranched alkanes of at least 4 members (excludes halogenated alkanes) is 19. The van der Waals surface area contributed by atoms with Crippen molar-refractivity contribution in [3.63, 3.8) is 0 Å². The van der Waals surface area contributed by atoms with E-state index in [-0.39, 0.29) is 37.0 Å². The van der Waals surface area contributed by atoms with E-state index in [2.05, 4.69) is 19.9 Å². The molecule has 0 rings (SSSR count). The molecule has 0 aliphatic rings. The lowest BCUT2D eigenvalue weighted by molar-refractivity contribution is -0.903. The molecular weight excluding hydrogens is 698 g/mol. The van der Waals surface area contributed by atoms with Crippen LogP contribution in [-0.2, 0) is 38.1 Å². The molecule has 0 saturated carbocycles. The first-order valence-corrected chi connectivity index (χ1v) is 22.3. The minimum Gasteiger partial charge on any atom is -0.466 e. The van der Waals surface area contributed by atoms with Gasteiger partial charge >= 0.3 is 23.9 Å². The van der Waals surface area contributed by atoms with Crippen molar-refractivity contribution in [2.45, 2.75) is 207 Å². The summed E-state index contributed by atoms with van der Waals surface area (Å²) in [6.45, 7) is 10.0. The van der Waals surface area contributed by atoms with E-state index in [0.717, 1.165) is 109 Å². The van der Waals surface area contributed by atoms with Crippen molar-refractivity contribution < 1.29 is 47.7 Å². The molecule has 3 unspecified atom stereocenters. The number of quaternary nitrogens is 1. The molecular formula is C45H84NO9+. The number of ether oxygens (including phenoxy) is 4. The Morgan fingerprint density at radius 1 is 0.564 bits per heavy atom. The topological polar surface area (TPSA) is 125 Å². The highest BCUT2D eigenvalue weighted by Crippen LogP contribution is 2.17. The van der Waals surface area contributed by atoms with Crippen molar-refractivity contribution in [3.05, 3.63) is 12.2 Å². The van der Waals surface area contributed by atoms with Crippen molar-refractivity contribution in [2.75, 3.05) is 46.5 Å². The van der Waals surface area contributed by atoms with Crippen LogP contribution in [0.15, 0.2) is 12.2 Å². The third-order valence-corrected chi connectivity index (χ3v) is 10.2. The number of esters is 4. The van der Waals surface area contributed by atoms with Crippen LogP contribution in [0.3, 0.4) is 0 Å². The highest BCUT2D eigenvalue weighted by molar-refractivity contribution is 5.71. The fourth-order valence-electron chi connectivity index (χ4n) is 6.70. The van der Waals surface area contributed by atoms with Crippen LogP contribution in [0.5, 0.6) is 0 Å². The number of carbonyl (C=O) groups excluding carboxylic acids is 4. The van der Waals surface area contributed by atoms with Gasteiger partial charge in [-0.15, -0.1) is 0 Å². The number of hydrogen-bond acceptors (Lipinski definition) is 9. The predicted octanol–water partition coefficient (Wildman–Crippen LogP) is 10.1. The Labute approximate surface area is 336 Å². The van der Waals surface area contributed by atoms with Crippen molar-refractivity contribution in [3.8, 4) is 0 Å². The van der Waals surface area contributed by atoms with Crippen LogP contribution in [-0.4, -0.2) is 92.2 Å². The van der Waals surface area contributed by atoms with Crippen LogP contribution >= 0.6 is 0 Å². The van der Waals surface area contributed by atoms with Gasteiger partial charge in [0.25, 0.3) is 0 Å². The first-order chi connectivity index (χ1) is 26.5. The number of likely N-dealkylation sites (N-methyl/N-ethyl adjacent to an activating group) is 1. The number of allylic oxidation sites excluding steroid dienone is 1. The number of hydrogen-bond donors (Lipinski definition) is 1. The molecule has 0 aliphatic heterocycles.